The van der Waals surface area contributed by atoms with E-state index < -0.39 is 0 Å². The largest absolute Gasteiger partial charge is 0.397 e. The summed E-state index contributed by atoms with van der Waals surface area (Å²) in [5, 5.41) is 1.18. The SMILES string of the molecule is Cc1ccc2[nH]cc(N)c2c1C(C)(C)C. The van der Waals surface area contributed by atoms with E-state index in [9.17, 15) is 0 Å². The standard InChI is InChI=1S/C13H18N2/c1-8-5-6-10-11(9(14)7-15-10)12(8)13(2,3)4/h5-7,15H,14H2,1-4H3. The van der Waals surface area contributed by atoms with Gasteiger partial charge in [-0.15, -0.1) is 0 Å². The van der Waals surface area contributed by atoms with E-state index >= 15 is 0 Å². The van der Waals surface area contributed by atoms with Crippen LogP contribution < -0.4 is 5.73 Å². The molecule has 0 saturated carbocycles. The lowest BCUT2D eigenvalue weighted by Crippen LogP contribution is -2.13. The second-order valence-electron chi connectivity index (χ2n) is 5.17. The van der Waals surface area contributed by atoms with E-state index in [4.69, 9.17) is 5.73 Å². The van der Waals surface area contributed by atoms with Gasteiger partial charge in [-0.2, -0.15) is 0 Å². The highest BCUT2D eigenvalue weighted by Crippen LogP contribution is 2.35. The summed E-state index contributed by atoms with van der Waals surface area (Å²) in [7, 11) is 0. The van der Waals surface area contributed by atoms with E-state index in [2.05, 4.69) is 44.8 Å². The van der Waals surface area contributed by atoms with E-state index in [0.717, 1.165) is 11.2 Å². The summed E-state index contributed by atoms with van der Waals surface area (Å²) in [5.74, 6) is 0. The fourth-order valence-corrected chi connectivity index (χ4v) is 2.32. The molecule has 2 aromatic rings. The molecule has 2 heteroatoms. The fourth-order valence-electron chi connectivity index (χ4n) is 2.32. The number of anilines is 1. The number of rotatable bonds is 0. The predicted molar refractivity (Wildman–Crippen MR) is 66.1 cm³/mol. The average Bonchev–Trinajstić information content (AvgIpc) is 2.46. The second kappa shape index (κ2) is 3.02. The molecule has 1 aromatic heterocycles. The molecule has 0 radical (unpaired) electrons. The third-order valence-corrected chi connectivity index (χ3v) is 2.84. The molecule has 0 saturated heterocycles. The van der Waals surface area contributed by atoms with Gasteiger partial charge in [-0.3, -0.25) is 0 Å². The number of aromatic amines is 1. The number of nitrogens with two attached hydrogens (primary N) is 1. The zero-order valence-electron chi connectivity index (χ0n) is 9.81. The molecule has 0 bridgehead atoms. The Labute approximate surface area is 90.5 Å². The Morgan fingerprint density at radius 3 is 2.47 bits per heavy atom. The number of benzene rings is 1. The zero-order valence-corrected chi connectivity index (χ0v) is 9.81. The third kappa shape index (κ3) is 1.50. The summed E-state index contributed by atoms with van der Waals surface area (Å²) in [6.07, 6.45) is 1.87. The second-order valence-corrected chi connectivity index (χ2v) is 5.17. The predicted octanol–water partition coefficient (Wildman–Crippen LogP) is 3.36. The van der Waals surface area contributed by atoms with Gasteiger partial charge in [-0.1, -0.05) is 26.8 Å². The van der Waals surface area contributed by atoms with Crippen LogP contribution in [0.5, 0.6) is 0 Å². The van der Waals surface area contributed by atoms with Gasteiger partial charge < -0.3 is 10.7 Å². The van der Waals surface area contributed by atoms with E-state index in [1.807, 2.05) is 6.20 Å². The number of H-pyrrole nitrogens is 1. The number of hydrogen-bond acceptors (Lipinski definition) is 1. The van der Waals surface area contributed by atoms with Crippen LogP contribution in [0.25, 0.3) is 10.9 Å². The molecule has 0 amide bonds. The molecule has 0 spiro atoms. The molecule has 3 N–H and O–H groups in total. The Balaban J connectivity index is 2.90. The van der Waals surface area contributed by atoms with E-state index in [0.29, 0.717) is 0 Å². The van der Waals surface area contributed by atoms with Crippen LogP contribution in [0.2, 0.25) is 0 Å². The Morgan fingerprint density at radius 2 is 1.87 bits per heavy atom. The van der Waals surface area contributed by atoms with Crippen LogP contribution in [-0.4, -0.2) is 4.98 Å². The molecule has 0 aliphatic carbocycles. The summed E-state index contributed by atoms with van der Waals surface area (Å²) in [4.78, 5) is 3.20. The lowest BCUT2D eigenvalue weighted by molar-refractivity contribution is 0.592. The Hall–Kier alpha value is -1.44. The molecule has 0 aliphatic heterocycles. The van der Waals surface area contributed by atoms with Gasteiger partial charge in [0.2, 0.25) is 0 Å². The molecule has 1 heterocycles. The quantitative estimate of drug-likeness (QED) is 0.675. The highest BCUT2D eigenvalue weighted by Gasteiger charge is 2.21. The molecule has 1 aromatic carbocycles. The molecule has 2 rings (SSSR count). The summed E-state index contributed by atoms with van der Waals surface area (Å²) in [5.41, 5.74) is 10.8. The lowest BCUT2D eigenvalue weighted by Gasteiger charge is -2.23. The van der Waals surface area contributed by atoms with Crippen molar-refractivity contribution < 1.29 is 0 Å². The molecule has 2 nitrogen and oxygen atoms in total. The van der Waals surface area contributed by atoms with Crippen molar-refractivity contribution in [3.63, 3.8) is 0 Å². The van der Waals surface area contributed by atoms with Gasteiger partial charge >= 0.3 is 0 Å². The van der Waals surface area contributed by atoms with Crippen molar-refractivity contribution in [1.82, 2.24) is 4.98 Å². The Kier molecular flexibility index (Phi) is 2.03. The number of nitrogen functional groups attached to an aromatic ring is 1. The highest BCUT2D eigenvalue weighted by molar-refractivity contribution is 5.95. The summed E-state index contributed by atoms with van der Waals surface area (Å²) in [6.45, 7) is 8.82. The van der Waals surface area contributed by atoms with Gasteiger partial charge in [0, 0.05) is 17.1 Å². The maximum atomic E-state index is 6.01. The number of aromatic nitrogens is 1. The number of nitrogens with one attached hydrogen (secondary N) is 1. The zero-order chi connectivity index (χ0) is 11.2. The molecule has 0 fully saturated rings. The highest BCUT2D eigenvalue weighted by atomic mass is 14.7. The normalized spacial score (nSPS) is 12.3. The van der Waals surface area contributed by atoms with Gasteiger partial charge in [0.25, 0.3) is 0 Å². The minimum atomic E-state index is 0.125. The molecule has 15 heavy (non-hydrogen) atoms. The molecular weight excluding hydrogens is 184 g/mol. The topological polar surface area (TPSA) is 41.8 Å². The smallest absolute Gasteiger partial charge is 0.0574 e. The van der Waals surface area contributed by atoms with Crippen molar-refractivity contribution in [2.24, 2.45) is 0 Å². The van der Waals surface area contributed by atoms with Crippen molar-refractivity contribution in [2.45, 2.75) is 33.1 Å². The summed E-state index contributed by atoms with van der Waals surface area (Å²) >= 11 is 0. The summed E-state index contributed by atoms with van der Waals surface area (Å²) in [6, 6.07) is 4.25. The molecule has 80 valence electrons. The summed E-state index contributed by atoms with van der Waals surface area (Å²) < 4.78 is 0. The van der Waals surface area contributed by atoms with Crippen LogP contribution in [0.3, 0.4) is 0 Å². The van der Waals surface area contributed by atoms with Crippen molar-refractivity contribution in [3.8, 4) is 0 Å². The van der Waals surface area contributed by atoms with Gasteiger partial charge in [-0.05, 0) is 29.5 Å². The fraction of sp³-hybridized carbons (Fsp3) is 0.385. The van der Waals surface area contributed by atoms with Crippen molar-refractivity contribution in [3.05, 3.63) is 29.5 Å². The minimum absolute atomic E-state index is 0.125. The monoisotopic (exact) mass is 202 g/mol. The first-order chi connectivity index (χ1) is 6.91. The first kappa shape index (κ1) is 10.1. The average molecular weight is 202 g/mol. The Morgan fingerprint density at radius 1 is 1.20 bits per heavy atom. The van der Waals surface area contributed by atoms with Gasteiger partial charge in [0.15, 0.2) is 0 Å². The first-order valence-electron chi connectivity index (χ1n) is 5.28. The van der Waals surface area contributed by atoms with Gasteiger partial charge in [-0.25, -0.2) is 0 Å². The molecular formula is C13H18N2. The number of hydrogen-bond donors (Lipinski definition) is 2. The maximum Gasteiger partial charge on any atom is 0.0574 e. The van der Waals surface area contributed by atoms with Crippen molar-refractivity contribution >= 4 is 16.6 Å². The van der Waals surface area contributed by atoms with Crippen LogP contribution in [0, 0.1) is 6.92 Å². The molecule has 0 aliphatic rings. The number of fused-ring (bicyclic) bond motifs is 1. The van der Waals surface area contributed by atoms with Gasteiger partial charge in [0.05, 0.1) is 5.69 Å². The Bertz CT molecular complexity index is 501. The van der Waals surface area contributed by atoms with Crippen LogP contribution in [-0.2, 0) is 5.41 Å². The first-order valence-corrected chi connectivity index (χ1v) is 5.28. The van der Waals surface area contributed by atoms with E-state index in [1.54, 1.807) is 0 Å². The molecule has 0 unspecified atom stereocenters. The van der Waals surface area contributed by atoms with Crippen LogP contribution in [0.4, 0.5) is 5.69 Å². The minimum Gasteiger partial charge on any atom is -0.397 e. The van der Waals surface area contributed by atoms with Crippen LogP contribution >= 0.6 is 0 Å². The van der Waals surface area contributed by atoms with E-state index in [-0.39, 0.29) is 5.41 Å². The van der Waals surface area contributed by atoms with Crippen LogP contribution in [0.15, 0.2) is 18.3 Å². The van der Waals surface area contributed by atoms with Crippen molar-refractivity contribution in [2.75, 3.05) is 5.73 Å². The van der Waals surface area contributed by atoms with E-state index in [1.165, 1.54) is 16.5 Å². The van der Waals surface area contributed by atoms with Gasteiger partial charge in [0.1, 0.15) is 0 Å². The number of aryl methyl sites for hydroxylation is 1. The van der Waals surface area contributed by atoms with Crippen molar-refractivity contribution in [1.29, 1.82) is 0 Å². The maximum absolute atomic E-state index is 6.01. The molecule has 0 atom stereocenters. The lowest BCUT2D eigenvalue weighted by atomic mass is 9.82. The third-order valence-electron chi connectivity index (χ3n) is 2.84. The van der Waals surface area contributed by atoms with Crippen LogP contribution in [0.1, 0.15) is 31.9 Å².